The lowest BCUT2D eigenvalue weighted by Gasteiger charge is -1.98. The number of thiazole rings is 1. The summed E-state index contributed by atoms with van der Waals surface area (Å²) in [6.45, 7) is 0.243. The third kappa shape index (κ3) is 1.36. The van der Waals surface area contributed by atoms with Crippen LogP contribution in [0.4, 0.5) is 0 Å². The molecule has 76 valence electrons. The number of benzene rings is 1. The van der Waals surface area contributed by atoms with Crippen LogP contribution in [-0.2, 0) is 0 Å². The molecule has 0 spiro atoms. The minimum absolute atomic E-state index is 0.243. The Morgan fingerprint density at radius 3 is 2.93 bits per heavy atom. The summed E-state index contributed by atoms with van der Waals surface area (Å²) in [4.78, 5) is 4.05. The standard InChI is InChI=1S/C10H7NO3S/c12-15-4-3-11-10(15)7-1-2-8-9(5-7)14-6-13-8/h1-5H,6H2. The highest BCUT2D eigenvalue weighted by Gasteiger charge is 2.17. The maximum atomic E-state index is 11.5. The SMILES string of the molecule is [O-][s+]1ccnc1-c1ccc2c(c1)OCO2. The normalized spacial score (nSPS) is 14.3. The van der Waals surface area contributed by atoms with E-state index in [0.29, 0.717) is 10.8 Å². The van der Waals surface area contributed by atoms with Gasteiger partial charge in [-0.15, -0.1) is 0 Å². The fraction of sp³-hybridized carbons (Fsp3) is 0.100. The molecule has 0 amide bonds. The molecule has 3 rings (SSSR count). The van der Waals surface area contributed by atoms with Crippen LogP contribution in [0.15, 0.2) is 29.8 Å². The molecular formula is C10H7NO3S. The van der Waals surface area contributed by atoms with Gasteiger partial charge in [0.05, 0.1) is 11.8 Å². The van der Waals surface area contributed by atoms with E-state index in [0.717, 1.165) is 11.3 Å². The van der Waals surface area contributed by atoms with E-state index >= 15 is 0 Å². The quantitative estimate of drug-likeness (QED) is 0.693. The summed E-state index contributed by atoms with van der Waals surface area (Å²) in [6, 6.07) is 5.43. The first-order valence-corrected chi connectivity index (χ1v) is 5.61. The zero-order valence-corrected chi connectivity index (χ0v) is 8.49. The van der Waals surface area contributed by atoms with Crippen molar-refractivity contribution in [1.82, 2.24) is 4.98 Å². The Labute approximate surface area is 88.9 Å². The molecule has 1 aliphatic rings. The molecule has 1 aromatic heterocycles. The fourth-order valence-corrected chi connectivity index (χ4v) is 2.31. The largest absolute Gasteiger partial charge is 0.589 e. The second kappa shape index (κ2) is 3.22. The molecule has 1 atom stereocenters. The van der Waals surface area contributed by atoms with Crippen LogP contribution in [0.1, 0.15) is 0 Å². The van der Waals surface area contributed by atoms with Gasteiger partial charge in [-0.1, -0.05) is 0 Å². The van der Waals surface area contributed by atoms with Crippen LogP contribution in [0, 0.1) is 0 Å². The van der Waals surface area contributed by atoms with Crippen molar-refractivity contribution < 1.29 is 14.0 Å². The van der Waals surface area contributed by atoms with E-state index in [9.17, 15) is 4.55 Å². The number of aromatic nitrogens is 1. The lowest BCUT2D eigenvalue weighted by atomic mass is 10.2. The van der Waals surface area contributed by atoms with Crippen molar-refractivity contribution in [1.29, 1.82) is 0 Å². The molecule has 1 unspecified atom stereocenters. The predicted molar refractivity (Wildman–Crippen MR) is 54.5 cm³/mol. The van der Waals surface area contributed by atoms with Crippen LogP contribution in [0.3, 0.4) is 0 Å². The van der Waals surface area contributed by atoms with Gasteiger partial charge in [0.2, 0.25) is 6.79 Å². The number of rotatable bonds is 1. The highest BCUT2D eigenvalue weighted by molar-refractivity contribution is 7.26. The molecule has 0 aliphatic carbocycles. The molecular weight excluding hydrogens is 214 g/mol. The highest BCUT2D eigenvalue weighted by Crippen LogP contribution is 2.38. The van der Waals surface area contributed by atoms with Crippen LogP contribution in [0.5, 0.6) is 11.5 Å². The van der Waals surface area contributed by atoms with Gasteiger partial charge in [-0.2, -0.15) is 0 Å². The molecule has 2 heterocycles. The van der Waals surface area contributed by atoms with Crippen molar-refractivity contribution in [3.8, 4) is 22.1 Å². The number of hydrogen-bond acceptors (Lipinski definition) is 4. The Hall–Kier alpha value is -1.59. The van der Waals surface area contributed by atoms with Gasteiger partial charge in [0.1, 0.15) is 0 Å². The first kappa shape index (κ1) is 8.70. The molecule has 0 saturated heterocycles. The van der Waals surface area contributed by atoms with E-state index in [-0.39, 0.29) is 6.79 Å². The first-order valence-electron chi connectivity index (χ1n) is 4.40. The van der Waals surface area contributed by atoms with Gasteiger partial charge in [-0.25, -0.2) is 4.98 Å². The molecule has 0 radical (unpaired) electrons. The van der Waals surface area contributed by atoms with Crippen molar-refractivity contribution in [2.24, 2.45) is 0 Å². The molecule has 0 saturated carbocycles. The summed E-state index contributed by atoms with van der Waals surface area (Å²) in [5, 5.41) is 2.12. The summed E-state index contributed by atoms with van der Waals surface area (Å²) >= 11 is 0. The molecule has 1 aliphatic heterocycles. The second-order valence-corrected chi connectivity index (χ2v) is 4.34. The van der Waals surface area contributed by atoms with E-state index in [1.807, 2.05) is 6.07 Å². The lowest BCUT2D eigenvalue weighted by Crippen LogP contribution is -1.92. The monoisotopic (exact) mass is 221 g/mol. The molecule has 2 aromatic rings. The highest BCUT2D eigenvalue weighted by atomic mass is 32.2. The molecule has 4 nitrogen and oxygen atoms in total. The van der Waals surface area contributed by atoms with Gasteiger partial charge >= 0.3 is 0 Å². The van der Waals surface area contributed by atoms with Crippen molar-refractivity contribution in [3.63, 3.8) is 0 Å². The van der Waals surface area contributed by atoms with Crippen LogP contribution >= 0.6 is 10.8 Å². The van der Waals surface area contributed by atoms with Gasteiger partial charge in [0, 0.05) is 0 Å². The molecule has 0 bridgehead atoms. The number of fused-ring (bicyclic) bond motifs is 1. The van der Waals surface area contributed by atoms with Gasteiger partial charge in [0.15, 0.2) is 16.9 Å². The Kier molecular flexibility index (Phi) is 1.87. The summed E-state index contributed by atoms with van der Waals surface area (Å²) in [7, 11) is -1.13. The summed E-state index contributed by atoms with van der Waals surface area (Å²) in [5.41, 5.74) is 0.808. The third-order valence-corrected chi connectivity index (χ3v) is 3.28. The summed E-state index contributed by atoms with van der Waals surface area (Å²) < 4.78 is 21.9. The van der Waals surface area contributed by atoms with Crippen molar-refractivity contribution >= 4 is 10.8 Å². The molecule has 5 heteroatoms. The average molecular weight is 221 g/mol. The Balaban J connectivity index is 2.11. The van der Waals surface area contributed by atoms with Crippen molar-refractivity contribution in [2.45, 2.75) is 0 Å². The Morgan fingerprint density at radius 2 is 2.13 bits per heavy atom. The van der Waals surface area contributed by atoms with Crippen LogP contribution in [0.25, 0.3) is 10.6 Å². The van der Waals surface area contributed by atoms with Gasteiger partial charge in [-0.3, -0.25) is 0 Å². The number of ether oxygens (including phenoxy) is 2. The van der Waals surface area contributed by atoms with Crippen molar-refractivity contribution in [3.05, 3.63) is 29.8 Å². The molecule has 0 N–H and O–H groups in total. The maximum absolute atomic E-state index is 11.5. The van der Waals surface area contributed by atoms with Crippen LogP contribution < -0.4 is 9.47 Å². The summed E-state index contributed by atoms with van der Waals surface area (Å²) in [6.07, 6.45) is 1.55. The van der Waals surface area contributed by atoms with E-state index in [2.05, 4.69) is 4.98 Å². The average Bonchev–Trinajstić information content (AvgIpc) is 2.84. The minimum atomic E-state index is -1.13. The molecule has 0 fully saturated rings. The lowest BCUT2D eigenvalue weighted by molar-refractivity contribution is 0.174. The van der Waals surface area contributed by atoms with E-state index < -0.39 is 10.8 Å². The number of hydrogen-bond donors (Lipinski definition) is 0. The maximum Gasteiger partial charge on any atom is 0.272 e. The topological polar surface area (TPSA) is 54.4 Å². The minimum Gasteiger partial charge on any atom is -0.589 e. The fourth-order valence-electron chi connectivity index (χ4n) is 1.49. The van der Waals surface area contributed by atoms with Gasteiger partial charge in [0.25, 0.3) is 5.01 Å². The third-order valence-electron chi connectivity index (χ3n) is 2.19. The Morgan fingerprint density at radius 1 is 1.27 bits per heavy atom. The first-order chi connectivity index (χ1) is 7.34. The zero-order valence-electron chi connectivity index (χ0n) is 7.67. The van der Waals surface area contributed by atoms with Crippen LogP contribution in [0.2, 0.25) is 0 Å². The number of nitrogens with zero attached hydrogens (tertiary/aromatic N) is 1. The Bertz CT molecular complexity index is 509. The van der Waals surface area contributed by atoms with E-state index in [1.165, 1.54) is 0 Å². The predicted octanol–water partition coefficient (Wildman–Crippen LogP) is 2.20. The van der Waals surface area contributed by atoms with Gasteiger partial charge in [-0.05, 0) is 28.9 Å². The smallest absolute Gasteiger partial charge is 0.272 e. The zero-order chi connectivity index (χ0) is 10.3. The van der Waals surface area contributed by atoms with Crippen molar-refractivity contribution in [2.75, 3.05) is 6.79 Å². The van der Waals surface area contributed by atoms with Crippen LogP contribution in [-0.4, -0.2) is 16.3 Å². The molecule has 1 aromatic carbocycles. The second-order valence-electron chi connectivity index (χ2n) is 3.08. The summed E-state index contributed by atoms with van der Waals surface area (Å²) in [5.74, 6) is 1.40. The van der Waals surface area contributed by atoms with E-state index in [1.54, 1.807) is 23.7 Å². The van der Waals surface area contributed by atoms with Gasteiger partial charge < -0.3 is 14.0 Å². The molecule has 15 heavy (non-hydrogen) atoms. The van der Waals surface area contributed by atoms with E-state index in [4.69, 9.17) is 9.47 Å².